The number of aliphatic hydroxyl groups excluding tert-OH is 3. The molecule has 0 aliphatic carbocycles. The molecule has 18 atom stereocenters. The number of rotatable bonds is 14. The number of aryl methyl sites for hydroxylation is 1. The lowest BCUT2D eigenvalue weighted by Crippen LogP contribution is -2.61. The monoisotopic (exact) mass is 909 g/mol. The van der Waals surface area contributed by atoms with E-state index in [2.05, 4.69) is 5.32 Å². The standard InChI is InChI=1S/C48H80N2O14/c1-27-25-46(7,57)43(64-45-39(53)34(50(10)11)24-28(2)60-45)30(4)40(63-37-26-47(8,59-12)42(55)32(6)61-37)31(5)44(56)62-35(48(9,58)41(54)29(3)38(27)52)22-23-49-36(51)21-17-16-20-33-18-14-13-15-19-33/h13-15,18-19,27-32,34-35,37,39-43,45,53-55,57-58H,16-17,20-26H2,1-12H3,(H,49,51)/t27-,28-,29+,30+,31-,32+,34+,35-,37+,39-,40?,41-,42+,43-,45+,46-,47-,48-/m1/s1. The Morgan fingerprint density at radius 2 is 1.55 bits per heavy atom. The van der Waals surface area contributed by atoms with Crippen LogP contribution in [0.4, 0.5) is 0 Å². The number of carbonyl (C=O) groups excluding carboxylic acids is 3. The molecule has 3 fully saturated rings. The normalized spacial score (nSPS) is 41.9. The third-order valence-electron chi connectivity index (χ3n) is 14.1. The van der Waals surface area contributed by atoms with E-state index in [1.54, 1.807) is 34.6 Å². The zero-order chi connectivity index (χ0) is 47.9. The second kappa shape index (κ2) is 22.9. The number of nitrogens with zero attached hydrogens (tertiary/aromatic N) is 1. The Bertz CT molecular complexity index is 1650. The van der Waals surface area contributed by atoms with Crippen molar-refractivity contribution in [1.29, 1.82) is 0 Å². The maximum absolute atomic E-state index is 14.6. The molecule has 6 N–H and O–H groups in total. The van der Waals surface area contributed by atoms with Gasteiger partial charge in [0.15, 0.2) is 12.6 Å². The second-order valence-corrected chi connectivity index (χ2v) is 19.9. The van der Waals surface area contributed by atoms with Crippen LogP contribution in [-0.4, -0.2) is 160 Å². The smallest absolute Gasteiger partial charge is 0.311 e. The Kier molecular flexibility index (Phi) is 19.3. The largest absolute Gasteiger partial charge is 0.459 e. The van der Waals surface area contributed by atoms with E-state index < -0.39 is 108 Å². The Morgan fingerprint density at radius 1 is 0.891 bits per heavy atom. The van der Waals surface area contributed by atoms with Gasteiger partial charge in [0.2, 0.25) is 5.91 Å². The van der Waals surface area contributed by atoms with Gasteiger partial charge in [-0.1, -0.05) is 51.1 Å². The lowest BCUT2D eigenvalue weighted by Gasteiger charge is -2.49. The molecule has 16 heteroatoms. The van der Waals surface area contributed by atoms with Crippen LogP contribution in [0.5, 0.6) is 0 Å². The highest BCUT2D eigenvalue weighted by Crippen LogP contribution is 2.41. The molecule has 3 saturated heterocycles. The van der Waals surface area contributed by atoms with Crippen molar-refractivity contribution in [3.63, 3.8) is 0 Å². The molecule has 0 saturated carbocycles. The number of hydrogen-bond donors (Lipinski definition) is 6. The number of esters is 1. The molecule has 3 aliphatic heterocycles. The average Bonchev–Trinajstić information content (AvgIpc) is 3.24. The minimum absolute atomic E-state index is 0.0115. The molecule has 0 radical (unpaired) electrons. The molecule has 1 unspecified atom stereocenters. The summed E-state index contributed by atoms with van der Waals surface area (Å²) in [7, 11) is 5.15. The first-order chi connectivity index (χ1) is 29.8. The average molecular weight is 909 g/mol. The van der Waals surface area contributed by atoms with Crippen LogP contribution in [0.15, 0.2) is 30.3 Å². The maximum atomic E-state index is 14.6. The number of unbranched alkanes of at least 4 members (excludes halogenated alkanes) is 1. The third-order valence-corrected chi connectivity index (χ3v) is 14.1. The molecule has 366 valence electrons. The lowest BCUT2D eigenvalue weighted by molar-refractivity contribution is -0.318. The Labute approximate surface area is 380 Å². The number of likely N-dealkylation sites (N-methyl/N-ethyl adjacent to an activating group) is 1. The first-order valence-corrected chi connectivity index (χ1v) is 23.2. The van der Waals surface area contributed by atoms with Crippen molar-refractivity contribution in [2.45, 2.75) is 198 Å². The van der Waals surface area contributed by atoms with Gasteiger partial charge in [0.25, 0.3) is 0 Å². The zero-order valence-electron chi connectivity index (χ0n) is 40.3. The second-order valence-electron chi connectivity index (χ2n) is 19.9. The van der Waals surface area contributed by atoms with Crippen molar-refractivity contribution in [2.75, 3.05) is 27.7 Å². The van der Waals surface area contributed by atoms with E-state index in [1.165, 1.54) is 33.4 Å². The van der Waals surface area contributed by atoms with Gasteiger partial charge in [-0.2, -0.15) is 0 Å². The lowest BCUT2D eigenvalue weighted by atomic mass is 9.74. The first-order valence-electron chi connectivity index (χ1n) is 23.2. The molecule has 3 aliphatic rings. The van der Waals surface area contributed by atoms with Crippen molar-refractivity contribution in [1.82, 2.24) is 10.2 Å². The number of cyclic esters (lactones) is 1. The SMILES string of the molecule is CO[C@]1(C)C[C@H](OC2[C@@H](C)C(=O)O[C@H](CCNC(=O)CCCCc3ccccc3)[C@@](C)(O)[C@H](O)[C@@H](C)C(=O)[C@H](C)C[C@@](C)(O)[C@H](O[C@@H]3O[C@H](C)C[C@H](N(C)C)[C@H]3O)[C@H]2C)O[C@@H](C)[C@@H]1O. The van der Waals surface area contributed by atoms with E-state index in [-0.39, 0.29) is 50.3 Å². The van der Waals surface area contributed by atoms with Gasteiger partial charge in [-0.05, 0) is 93.3 Å². The summed E-state index contributed by atoms with van der Waals surface area (Å²) in [4.78, 5) is 43.6. The first kappa shape index (κ1) is 54.0. The number of Topliss-reactive ketones (excluding diaryl/α,β-unsaturated/α-hetero) is 1. The quantitative estimate of drug-likeness (QED) is 0.117. The summed E-state index contributed by atoms with van der Waals surface area (Å²) >= 11 is 0. The van der Waals surface area contributed by atoms with E-state index in [9.17, 15) is 39.9 Å². The molecule has 4 rings (SSSR count). The topological polar surface area (TPSA) is 223 Å². The predicted octanol–water partition coefficient (Wildman–Crippen LogP) is 3.29. The summed E-state index contributed by atoms with van der Waals surface area (Å²) < 4.78 is 37.6. The Morgan fingerprint density at radius 3 is 2.17 bits per heavy atom. The molecular formula is C48H80N2O14. The van der Waals surface area contributed by atoms with Crippen molar-refractivity contribution in [3.8, 4) is 0 Å². The van der Waals surface area contributed by atoms with Gasteiger partial charge in [-0.3, -0.25) is 14.4 Å². The Balaban J connectivity index is 1.71. The molecular weight excluding hydrogens is 829 g/mol. The molecule has 16 nitrogen and oxygen atoms in total. The molecule has 0 aromatic heterocycles. The van der Waals surface area contributed by atoms with Gasteiger partial charge in [-0.25, -0.2) is 0 Å². The fourth-order valence-corrected chi connectivity index (χ4v) is 9.96. The van der Waals surface area contributed by atoms with Crippen LogP contribution in [0, 0.1) is 23.7 Å². The predicted molar refractivity (Wildman–Crippen MR) is 238 cm³/mol. The van der Waals surface area contributed by atoms with Gasteiger partial charge in [-0.15, -0.1) is 0 Å². The van der Waals surface area contributed by atoms with E-state index in [4.69, 9.17) is 28.4 Å². The van der Waals surface area contributed by atoms with Crippen molar-refractivity contribution < 1.29 is 68.3 Å². The highest BCUT2D eigenvalue weighted by atomic mass is 16.7. The van der Waals surface area contributed by atoms with Crippen LogP contribution in [0.25, 0.3) is 0 Å². The summed E-state index contributed by atoms with van der Waals surface area (Å²) in [5.41, 5.74) is -3.95. The van der Waals surface area contributed by atoms with E-state index in [0.29, 0.717) is 12.8 Å². The van der Waals surface area contributed by atoms with Crippen molar-refractivity contribution >= 4 is 17.7 Å². The highest BCUT2D eigenvalue weighted by Gasteiger charge is 2.53. The number of methoxy groups -OCH3 is 1. The summed E-state index contributed by atoms with van der Waals surface area (Å²) in [6.45, 7) is 14.4. The number of benzene rings is 1. The zero-order valence-corrected chi connectivity index (χ0v) is 40.3. The summed E-state index contributed by atoms with van der Waals surface area (Å²) in [6, 6.07) is 9.63. The summed E-state index contributed by atoms with van der Waals surface area (Å²) in [5.74, 6) is -5.71. The highest BCUT2D eigenvalue weighted by molar-refractivity contribution is 5.83. The van der Waals surface area contributed by atoms with Gasteiger partial charge in [0.05, 0.1) is 47.6 Å². The molecule has 1 aromatic rings. The molecule has 1 aromatic carbocycles. The van der Waals surface area contributed by atoms with Crippen LogP contribution < -0.4 is 5.32 Å². The van der Waals surface area contributed by atoms with Crippen LogP contribution in [-0.2, 0) is 49.2 Å². The molecule has 1 amide bonds. The minimum atomic E-state index is -2.18. The number of nitrogens with one attached hydrogen (secondary N) is 1. The Hall–Kier alpha value is -2.61. The van der Waals surface area contributed by atoms with Crippen LogP contribution in [0.3, 0.4) is 0 Å². The van der Waals surface area contributed by atoms with E-state index in [1.807, 2.05) is 56.3 Å². The maximum Gasteiger partial charge on any atom is 0.311 e. The minimum Gasteiger partial charge on any atom is -0.459 e. The molecule has 64 heavy (non-hydrogen) atoms. The van der Waals surface area contributed by atoms with Crippen molar-refractivity contribution in [3.05, 3.63) is 35.9 Å². The number of ether oxygens (including phenoxy) is 6. The summed E-state index contributed by atoms with van der Waals surface area (Å²) in [5, 5.41) is 61.9. The number of carbonyl (C=O) groups is 3. The van der Waals surface area contributed by atoms with Crippen LogP contribution >= 0.6 is 0 Å². The number of ketones is 1. The van der Waals surface area contributed by atoms with Gasteiger partial charge < -0.3 is 64.2 Å². The van der Waals surface area contributed by atoms with Gasteiger partial charge >= 0.3 is 5.97 Å². The fourth-order valence-electron chi connectivity index (χ4n) is 9.96. The third kappa shape index (κ3) is 13.3. The van der Waals surface area contributed by atoms with Gasteiger partial charge in [0, 0.05) is 56.7 Å². The number of aliphatic hydroxyl groups is 5. The summed E-state index contributed by atoms with van der Waals surface area (Å²) in [6.07, 6.45) is -8.31. The van der Waals surface area contributed by atoms with Gasteiger partial charge in [0.1, 0.15) is 29.7 Å². The van der Waals surface area contributed by atoms with E-state index in [0.717, 1.165) is 12.8 Å². The van der Waals surface area contributed by atoms with Crippen LogP contribution in [0.1, 0.15) is 113 Å². The molecule has 3 heterocycles. The van der Waals surface area contributed by atoms with E-state index >= 15 is 0 Å². The van der Waals surface area contributed by atoms with Crippen molar-refractivity contribution in [2.24, 2.45) is 23.7 Å². The van der Waals surface area contributed by atoms with Crippen LogP contribution in [0.2, 0.25) is 0 Å². The molecule has 0 spiro atoms. The number of amides is 1. The fraction of sp³-hybridized carbons (Fsp3) is 0.812. The molecule has 0 bridgehead atoms. The number of hydrogen-bond acceptors (Lipinski definition) is 15.